The van der Waals surface area contributed by atoms with Crippen LogP contribution in [0.2, 0.25) is 10.0 Å². The number of nitrogens with one attached hydrogen (secondary N) is 1. The summed E-state index contributed by atoms with van der Waals surface area (Å²) < 4.78 is 42.5. The lowest BCUT2D eigenvalue weighted by atomic mass is 9.85. The predicted molar refractivity (Wildman–Crippen MR) is 127 cm³/mol. The zero-order valence-electron chi connectivity index (χ0n) is 17.8. The number of hydrogen-bond donors (Lipinski definition) is 2. The smallest absolute Gasteiger partial charge is 0.214 e. The molecule has 0 aliphatic heterocycles. The molecule has 0 spiro atoms. The largest absolute Gasteiger partial charge is 0.370 e. The van der Waals surface area contributed by atoms with Gasteiger partial charge in [-0.15, -0.1) is 0 Å². The van der Waals surface area contributed by atoms with Crippen molar-refractivity contribution in [1.29, 1.82) is 0 Å². The van der Waals surface area contributed by atoms with Crippen LogP contribution in [0, 0.1) is 17.7 Å². The molecule has 2 fully saturated rings. The lowest BCUT2D eigenvalue weighted by Crippen LogP contribution is -2.37. The number of rotatable bonds is 7. The summed E-state index contributed by atoms with van der Waals surface area (Å²) in [6.07, 6.45) is 4.23. The number of hydrogen-bond acceptors (Lipinski definition) is 5. The van der Waals surface area contributed by atoms with E-state index in [0.29, 0.717) is 24.4 Å². The first-order valence-corrected chi connectivity index (χ1v) is 12.2. The second kappa shape index (κ2) is 11.7. The Kier molecular flexibility index (Phi) is 9.22. The molecule has 176 valence electrons. The van der Waals surface area contributed by atoms with Gasteiger partial charge < -0.3 is 15.4 Å². The van der Waals surface area contributed by atoms with Gasteiger partial charge in [0.2, 0.25) is 5.95 Å². The lowest BCUT2D eigenvalue weighted by Gasteiger charge is -2.33. The second-order valence-corrected chi connectivity index (χ2v) is 9.65. The van der Waals surface area contributed by atoms with Crippen LogP contribution in [-0.4, -0.2) is 30.3 Å². The van der Waals surface area contributed by atoms with E-state index in [-0.39, 0.29) is 26.8 Å². The zero-order chi connectivity index (χ0) is 23.3. The number of nitrogens with zero attached hydrogens (tertiary/aromatic N) is 2. The third-order valence-corrected chi connectivity index (χ3v) is 7.30. The summed E-state index contributed by atoms with van der Waals surface area (Å²) in [6.45, 7) is 3.59. The molecular formula is C22H27Cl2F3N4S. The number of aromatic nitrogens is 1. The van der Waals surface area contributed by atoms with Gasteiger partial charge in [0.15, 0.2) is 5.82 Å². The van der Waals surface area contributed by atoms with Gasteiger partial charge in [-0.2, -0.15) is 4.39 Å². The summed E-state index contributed by atoms with van der Waals surface area (Å²) in [7, 11) is 0. The monoisotopic (exact) mass is 506 g/mol. The quantitative estimate of drug-likeness (QED) is 0.244. The van der Waals surface area contributed by atoms with Crippen molar-refractivity contribution >= 4 is 46.7 Å². The molecule has 0 saturated heterocycles. The van der Waals surface area contributed by atoms with E-state index in [1.807, 2.05) is 6.92 Å². The number of alkyl halides is 1. The van der Waals surface area contributed by atoms with Gasteiger partial charge in [0, 0.05) is 19.1 Å². The average Bonchev–Trinajstić information content (AvgIpc) is 2.70. The fourth-order valence-electron chi connectivity index (χ4n) is 3.43. The van der Waals surface area contributed by atoms with E-state index < -0.39 is 17.9 Å². The highest BCUT2D eigenvalue weighted by Gasteiger charge is 2.25. The van der Waals surface area contributed by atoms with Gasteiger partial charge >= 0.3 is 0 Å². The normalized spacial score (nSPS) is 20.0. The number of pyridine rings is 1. The summed E-state index contributed by atoms with van der Waals surface area (Å²) in [5.41, 5.74) is 5.84. The highest BCUT2D eigenvalue weighted by atomic mass is 35.5. The molecule has 0 atom stereocenters. The Bertz CT molecular complexity index is 905. The molecule has 2 aromatic rings. The van der Waals surface area contributed by atoms with Gasteiger partial charge in [0.25, 0.3) is 0 Å². The molecule has 2 saturated carbocycles. The molecule has 1 heterocycles. The first-order valence-electron chi connectivity index (χ1n) is 10.7. The summed E-state index contributed by atoms with van der Waals surface area (Å²) in [4.78, 5) is 5.90. The van der Waals surface area contributed by atoms with Crippen LogP contribution in [0.15, 0.2) is 29.2 Å². The Hall–Kier alpha value is -1.35. The van der Waals surface area contributed by atoms with Gasteiger partial charge in [0.1, 0.15) is 17.0 Å². The van der Waals surface area contributed by atoms with E-state index in [4.69, 9.17) is 28.9 Å². The number of halogens is 5. The summed E-state index contributed by atoms with van der Waals surface area (Å²) in [6, 6.07) is 6.18. The van der Waals surface area contributed by atoms with Gasteiger partial charge in [-0.1, -0.05) is 35.7 Å². The van der Waals surface area contributed by atoms with E-state index in [9.17, 15) is 13.2 Å². The summed E-state index contributed by atoms with van der Waals surface area (Å²) in [5.74, 6) is -0.311. The molecule has 1 aromatic heterocycles. The molecule has 4 nitrogen and oxygen atoms in total. The number of benzene rings is 1. The van der Waals surface area contributed by atoms with Crippen LogP contribution in [-0.2, 0) is 0 Å². The van der Waals surface area contributed by atoms with Gasteiger partial charge in [-0.25, -0.2) is 13.8 Å². The first kappa shape index (κ1) is 25.3. The van der Waals surface area contributed by atoms with Crippen LogP contribution >= 0.6 is 35.1 Å². The predicted octanol–water partition coefficient (Wildman–Crippen LogP) is 6.86. The maximum atomic E-state index is 14.8. The lowest BCUT2D eigenvalue weighted by molar-refractivity contribution is 0.181. The fourth-order valence-corrected chi connectivity index (χ4v) is 4.73. The van der Waals surface area contributed by atoms with Crippen molar-refractivity contribution in [3.8, 4) is 0 Å². The Morgan fingerprint density at radius 2 is 1.97 bits per heavy atom. The third-order valence-electron chi connectivity index (χ3n) is 5.61. The van der Waals surface area contributed by atoms with Crippen molar-refractivity contribution in [1.82, 2.24) is 4.98 Å². The van der Waals surface area contributed by atoms with Gasteiger partial charge in [0.05, 0.1) is 15.6 Å². The molecule has 2 aliphatic rings. The van der Waals surface area contributed by atoms with Crippen molar-refractivity contribution in [3.05, 3.63) is 46.1 Å². The SMILES string of the molecule is CCN(CC1CCC1)c1cc(Cl)c(SNc2cccc(F)n2)c(F)c1Cl.NC1CC(F)C1. The zero-order valence-corrected chi connectivity index (χ0v) is 20.1. The number of nitrogens with two attached hydrogens (primary N) is 1. The van der Waals surface area contributed by atoms with Crippen molar-refractivity contribution in [2.75, 3.05) is 22.7 Å². The van der Waals surface area contributed by atoms with Crippen LogP contribution in [0.5, 0.6) is 0 Å². The summed E-state index contributed by atoms with van der Waals surface area (Å²) in [5, 5.41) is 0.301. The van der Waals surface area contributed by atoms with Crippen molar-refractivity contribution in [3.63, 3.8) is 0 Å². The molecule has 32 heavy (non-hydrogen) atoms. The van der Waals surface area contributed by atoms with E-state index in [0.717, 1.165) is 25.0 Å². The maximum Gasteiger partial charge on any atom is 0.214 e. The van der Waals surface area contributed by atoms with Crippen LogP contribution in [0.1, 0.15) is 39.0 Å². The third kappa shape index (κ3) is 6.59. The Morgan fingerprint density at radius 1 is 1.25 bits per heavy atom. The highest BCUT2D eigenvalue weighted by molar-refractivity contribution is 8.00. The standard InChI is InChI=1S/C18H19Cl2F2N3S.C4H8FN/c1-2-25(10-11-5-3-6-11)13-9-12(19)18(17(22)16(13)20)26-24-15-8-4-7-14(21)23-15;5-3-1-4(6)2-3/h4,7-9,11H,2-3,5-6,10H2,1H3,(H,23,24);3-4H,1-2,6H2. The minimum Gasteiger partial charge on any atom is -0.370 e. The average molecular weight is 507 g/mol. The molecule has 10 heteroatoms. The van der Waals surface area contributed by atoms with E-state index in [2.05, 4.69) is 14.6 Å². The second-order valence-electron chi connectivity index (χ2n) is 8.05. The number of anilines is 2. The maximum absolute atomic E-state index is 14.8. The Balaban J connectivity index is 0.000000416. The van der Waals surface area contributed by atoms with E-state index >= 15 is 0 Å². The molecule has 4 rings (SSSR count). The first-order chi connectivity index (χ1) is 15.3. The Morgan fingerprint density at radius 3 is 2.47 bits per heavy atom. The van der Waals surface area contributed by atoms with Crippen LogP contribution in [0.3, 0.4) is 0 Å². The summed E-state index contributed by atoms with van der Waals surface area (Å²) >= 11 is 13.5. The minimum atomic E-state index is -0.620. The van der Waals surface area contributed by atoms with Crippen molar-refractivity contribution in [2.45, 2.75) is 56.1 Å². The van der Waals surface area contributed by atoms with Gasteiger partial charge in [-0.05, 0) is 68.7 Å². The van der Waals surface area contributed by atoms with Gasteiger partial charge in [-0.3, -0.25) is 0 Å². The van der Waals surface area contributed by atoms with Crippen LogP contribution in [0.25, 0.3) is 0 Å². The topological polar surface area (TPSA) is 54.2 Å². The molecule has 0 amide bonds. The Labute approximate surface area is 201 Å². The van der Waals surface area contributed by atoms with Crippen LogP contribution in [0.4, 0.5) is 24.7 Å². The molecule has 0 bridgehead atoms. The van der Waals surface area contributed by atoms with Crippen LogP contribution < -0.4 is 15.4 Å². The van der Waals surface area contributed by atoms with E-state index in [1.54, 1.807) is 12.1 Å². The molecule has 0 unspecified atom stereocenters. The molecule has 1 aromatic carbocycles. The molecular weight excluding hydrogens is 480 g/mol. The fraction of sp³-hybridized carbons (Fsp3) is 0.500. The van der Waals surface area contributed by atoms with E-state index in [1.165, 1.54) is 31.4 Å². The molecule has 3 N–H and O–H groups in total. The highest BCUT2D eigenvalue weighted by Crippen LogP contribution is 2.41. The van der Waals surface area contributed by atoms with Crippen molar-refractivity contribution < 1.29 is 13.2 Å². The minimum absolute atomic E-state index is 0.0482. The van der Waals surface area contributed by atoms with Crippen molar-refractivity contribution in [2.24, 2.45) is 11.7 Å². The molecule has 0 radical (unpaired) electrons. The molecule has 2 aliphatic carbocycles.